The van der Waals surface area contributed by atoms with Gasteiger partial charge in [-0.2, -0.15) is 0 Å². The van der Waals surface area contributed by atoms with Gasteiger partial charge in [-0.25, -0.2) is 4.79 Å². The van der Waals surface area contributed by atoms with Crippen molar-refractivity contribution in [2.75, 3.05) is 13.1 Å². The summed E-state index contributed by atoms with van der Waals surface area (Å²) in [5, 5.41) is 11.8. The number of nitrogens with one attached hydrogen (secondary N) is 1. The van der Waals surface area contributed by atoms with Crippen molar-refractivity contribution in [1.82, 2.24) is 5.32 Å². The van der Waals surface area contributed by atoms with Gasteiger partial charge in [0.25, 0.3) is 0 Å². The standard InChI is InChI=1S/C16H22N2O3/c17-10-13-2-1-3-14(13)15(19)18-9-8-11-4-6-12(7-5-11)16(20)21/h4-7,13-14H,1-3,8-10,17H2,(H,18,19)(H,20,21). The Hall–Kier alpha value is -1.88. The monoisotopic (exact) mass is 290 g/mol. The zero-order valence-electron chi connectivity index (χ0n) is 12.0. The number of hydrogen-bond donors (Lipinski definition) is 3. The number of carboxylic acid groups (broad SMARTS) is 1. The van der Waals surface area contributed by atoms with Crippen LogP contribution in [0.5, 0.6) is 0 Å². The van der Waals surface area contributed by atoms with Crippen LogP contribution in [0.25, 0.3) is 0 Å². The van der Waals surface area contributed by atoms with Crippen LogP contribution in [0.1, 0.15) is 35.2 Å². The molecular weight excluding hydrogens is 268 g/mol. The van der Waals surface area contributed by atoms with Gasteiger partial charge in [0.1, 0.15) is 0 Å². The molecule has 1 saturated carbocycles. The molecule has 0 aliphatic heterocycles. The minimum absolute atomic E-state index is 0.0596. The summed E-state index contributed by atoms with van der Waals surface area (Å²) in [7, 11) is 0. The van der Waals surface area contributed by atoms with Gasteiger partial charge < -0.3 is 16.2 Å². The maximum atomic E-state index is 12.1. The molecule has 5 nitrogen and oxygen atoms in total. The van der Waals surface area contributed by atoms with Crippen LogP contribution in [-0.4, -0.2) is 30.1 Å². The first-order valence-electron chi connectivity index (χ1n) is 7.42. The van der Waals surface area contributed by atoms with E-state index in [-0.39, 0.29) is 17.4 Å². The molecule has 2 atom stereocenters. The molecular formula is C16H22N2O3. The van der Waals surface area contributed by atoms with Gasteiger partial charge in [-0.05, 0) is 49.4 Å². The molecule has 1 aliphatic rings. The lowest BCUT2D eigenvalue weighted by Gasteiger charge is -2.17. The van der Waals surface area contributed by atoms with E-state index in [1.807, 2.05) is 0 Å². The van der Waals surface area contributed by atoms with E-state index in [0.29, 0.717) is 25.4 Å². The minimum atomic E-state index is -0.927. The summed E-state index contributed by atoms with van der Waals surface area (Å²) >= 11 is 0. The highest BCUT2D eigenvalue weighted by Crippen LogP contribution is 2.30. The van der Waals surface area contributed by atoms with Gasteiger partial charge in [0.05, 0.1) is 5.56 Å². The zero-order valence-corrected chi connectivity index (χ0v) is 12.0. The molecule has 0 spiro atoms. The number of carbonyl (C=O) groups is 2. The van der Waals surface area contributed by atoms with Crippen molar-refractivity contribution in [2.45, 2.75) is 25.7 Å². The Balaban J connectivity index is 1.78. The lowest BCUT2D eigenvalue weighted by Crippen LogP contribution is -2.36. The van der Waals surface area contributed by atoms with Gasteiger partial charge >= 0.3 is 5.97 Å². The second kappa shape index (κ2) is 7.22. The number of benzene rings is 1. The van der Waals surface area contributed by atoms with Crippen molar-refractivity contribution in [3.8, 4) is 0 Å². The van der Waals surface area contributed by atoms with Crippen LogP contribution in [-0.2, 0) is 11.2 Å². The smallest absolute Gasteiger partial charge is 0.335 e. The predicted molar refractivity (Wildman–Crippen MR) is 80.0 cm³/mol. The number of nitrogens with two attached hydrogens (primary N) is 1. The van der Waals surface area contributed by atoms with Crippen molar-refractivity contribution >= 4 is 11.9 Å². The first-order valence-corrected chi connectivity index (χ1v) is 7.42. The number of amides is 1. The molecule has 114 valence electrons. The topological polar surface area (TPSA) is 92.4 Å². The first-order chi connectivity index (χ1) is 10.1. The van der Waals surface area contributed by atoms with Crippen molar-refractivity contribution in [2.24, 2.45) is 17.6 Å². The van der Waals surface area contributed by atoms with Crippen LogP contribution in [0.4, 0.5) is 0 Å². The maximum Gasteiger partial charge on any atom is 0.335 e. The molecule has 1 aromatic carbocycles. The summed E-state index contributed by atoms with van der Waals surface area (Å²) in [6.07, 6.45) is 3.76. The third-order valence-electron chi connectivity index (χ3n) is 4.21. The molecule has 0 saturated heterocycles. The highest BCUT2D eigenvalue weighted by molar-refractivity contribution is 5.87. The van der Waals surface area contributed by atoms with E-state index in [0.717, 1.165) is 24.8 Å². The van der Waals surface area contributed by atoms with Crippen molar-refractivity contribution in [3.63, 3.8) is 0 Å². The molecule has 1 amide bonds. The molecule has 4 N–H and O–H groups in total. The number of carbonyl (C=O) groups excluding carboxylic acids is 1. The summed E-state index contributed by atoms with van der Waals surface area (Å²) in [4.78, 5) is 22.9. The van der Waals surface area contributed by atoms with Crippen molar-refractivity contribution in [1.29, 1.82) is 0 Å². The minimum Gasteiger partial charge on any atom is -0.478 e. The van der Waals surface area contributed by atoms with Gasteiger partial charge in [-0.1, -0.05) is 18.6 Å². The molecule has 0 aromatic heterocycles. The number of rotatable bonds is 6. The van der Waals surface area contributed by atoms with Crippen LogP contribution in [0.3, 0.4) is 0 Å². The third-order valence-corrected chi connectivity index (χ3v) is 4.21. The summed E-state index contributed by atoms with van der Waals surface area (Å²) in [5.41, 5.74) is 6.99. The van der Waals surface area contributed by atoms with E-state index >= 15 is 0 Å². The molecule has 1 aromatic rings. The Morgan fingerprint density at radius 3 is 2.57 bits per heavy atom. The van der Waals surface area contributed by atoms with Gasteiger partial charge in [0, 0.05) is 12.5 Å². The SMILES string of the molecule is NCC1CCCC1C(=O)NCCc1ccc(C(=O)O)cc1. The highest BCUT2D eigenvalue weighted by atomic mass is 16.4. The molecule has 5 heteroatoms. The molecule has 2 unspecified atom stereocenters. The molecule has 1 aliphatic carbocycles. The molecule has 0 heterocycles. The van der Waals surface area contributed by atoms with E-state index in [2.05, 4.69) is 5.32 Å². The number of aromatic carboxylic acids is 1. The number of hydrogen-bond acceptors (Lipinski definition) is 3. The molecule has 0 bridgehead atoms. The summed E-state index contributed by atoms with van der Waals surface area (Å²) in [5.74, 6) is -0.446. The Labute approximate surface area is 124 Å². The summed E-state index contributed by atoms with van der Waals surface area (Å²) in [6.45, 7) is 1.15. The average Bonchev–Trinajstić information content (AvgIpc) is 2.96. The zero-order chi connectivity index (χ0) is 15.2. The van der Waals surface area contributed by atoms with E-state index in [9.17, 15) is 9.59 Å². The van der Waals surface area contributed by atoms with Crippen molar-refractivity contribution in [3.05, 3.63) is 35.4 Å². The Morgan fingerprint density at radius 2 is 1.95 bits per heavy atom. The first kappa shape index (κ1) is 15.5. The van der Waals surface area contributed by atoms with Crippen LogP contribution < -0.4 is 11.1 Å². The Bertz CT molecular complexity index is 499. The van der Waals surface area contributed by atoms with Crippen LogP contribution in [0.2, 0.25) is 0 Å². The van der Waals surface area contributed by atoms with Crippen LogP contribution in [0, 0.1) is 11.8 Å². The number of carboxylic acids is 1. The van der Waals surface area contributed by atoms with Crippen LogP contribution >= 0.6 is 0 Å². The second-order valence-corrected chi connectivity index (χ2v) is 5.58. The molecule has 2 rings (SSSR count). The predicted octanol–water partition coefficient (Wildman–Crippen LogP) is 1.42. The summed E-state index contributed by atoms with van der Waals surface area (Å²) in [6, 6.07) is 6.74. The second-order valence-electron chi connectivity index (χ2n) is 5.58. The average molecular weight is 290 g/mol. The van der Waals surface area contributed by atoms with E-state index in [1.54, 1.807) is 24.3 Å². The normalized spacial score (nSPS) is 21.2. The van der Waals surface area contributed by atoms with Crippen molar-refractivity contribution < 1.29 is 14.7 Å². The molecule has 21 heavy (non-hydrogen) atoms. The lowest BCUT2D eigenvalue weighted by molar-refractivity contribution is -0.125. The van der Waals surface area contributed by atoms with E-state index < -0.39 is 5.97 Å². The largest absolute Gasteiger partial charge is 0.478 e. The Kier molecular flexibility index (Phi) is 5.33. The Morgan fingerprint density at radius 1 is 1.24 bits per heavy atom. The fourth-order valence-corrected chi connectivity index (χ4v) is 2.94. The van der Waals surface area contributed by atoms with Crippen LogP contribution in [0.15, 0.2) is 24.3 Å². The lowest BCUT2D eigenvalue weighted by atomic mass is 9.95. The third kappa shape index (κ3) is 4.04. The van der Waals surface area contributed by atoms with E-state index in [4.69, 9.17) is 10.8 Å². The quantitative estimate of drug-likeness (QED) is 0.738. The molecule has 1 fully saturated rings. The molecule has 0 radical (unpaired) electrons. The van der Waals surface area contributed by atoms with Gasteiger partial charge in [-0.3, -0.25) is 4.79 Å². The summed E-state index contributed by atoms with van der Waals surface area (Å²) < 4.78 is 0. The van der Waals surface area contributed by atoms with E-state index in [1.165, 1.54) is 0 Å². The van der Waals surface area contributed by atoms with Gasteiger partial charge in [-0.15, -0.1) is 0 Å². The fraction of sp³-hybridized carbons (Fsp3) is 0.500. The van der Waals surface area contributed by atoms with Gasteiger partial charge in [0.2, 0.25) is 5.91 Å². The van der Waals surface area contributed by atoms with Gasteiger partial charge in [0.15, 0.2) is 0 Å². The maximum absolute atomic E-state index is 12.1. The fourth-order valence-electron chi connectivity index (χ4n) is 2.94. The highest BCUT2D eigenvalue weighted by Gasteiger charge is 2.31.